The van der Waals surface area contributed by atoms with Crippen molar-refractivity contribution < 1.29 is 9.90 Å². The predicted octanol–water partition coefficient (Wildman–Crippen LogP) is 0.859. The summed E-state index contributed by atoms with van der Waals surface area (Å²) in [5.74, 6) is -0.0959. The molecule has 4 heteroatoms. The average Bonchev–Trinajstić information content (AvgIpc) is 2.17. The number of carbonyl (C=O) groups is 1. The molecule has 1 aromatic carbocycles. The number of aromatic hydroxyl groups is 1. The number of amides is 1. The van der Waals surface area contributed by atoms with Gasteiger partial charge >= 0.3 is 0 Å². The minimum atomic E-state index is -0.188. The van der Waals surface area contributed by atoms with Gasteiger partial charge in [0, 0.05) is 18.2 Å². The molecule has 4 N–H and O–H groups in total. The van der Waals surface area contributed by atoms with Gasteiger partial charge in [-0.2, -0.15) is 0 Å². The first-order valence-electron chi connectivity index (χ1n) is 4.92. The van der Waals surface area contributed by atoms with Crippen molar-refractivity contribution in [3.8, 4) is 5.75 Å². The third kappa shape index (κ3) is 3.99. The maximum atomic E-state index is 11.5. The summed E-state index contributed by atoms with van der Waals surface area (Å²) in [6, 6.07) is 6.32. The zero-order valence-corrected chi connectivity index (χ0v) is 8.73. The summed E-state index contributed by atoms with van der Waals surface area (Å²) in [4.78, 5) is 11.5. The molecule has 0 aliphatic heterocycles. The molecule has 0 heterocycles. The molecule has 0 aromatic heterocycles. The van der Waals surface area contributed by atoms with Crippen LogP contribution in [0, 0.1) is 0 Å². The second-order valence-corrected chi connectivity index (χ2v) is 3.57. The van der Waals surface area contributed by atoms with Crippen LogP contribution in [0.4, 0.5) is 0 Å². The van der Waals surface area contributed by atoms with Crippen LogP contribution in [0.25, 0.3) is 0 Å². The summed E-state index contributed by atoms with van der Waals surface area (Å²) in [6.07, 6.45) is 0.741. The van der Waals surface area contributed by atoms with Crippen molar-refractivity contribution in [3.63, 3.8) is 0 Å². The van der Waals surface area contributed by atoms with E-state index in [1.807, 2.05) is 6.92 Å². The molecule has 0 aliphatic rings. The highest BCUT2D eigenvalue weighted by Crippen LogP contribution is 2.10. The molecule has 1 amide bonds. The minimum Gasteiger partial charge on any atom is -0.508 e. The first-order chi connectivity index (χ1) is 7.09. The van der Waals surface area contributed by atoms with E-state index < -0.39 is 0 Å². The smallest absolute Gasteiger partial charge is 0.251 e. The predicted molar refractivity (Wildman–Crippen MR) is 58.7 cm³/mol. The van der Waals surface area contributed by atoms with Crippen LogP contribution in [-0.2, 0) is 0 Å². The fourth-order valence-electron chi connectivity index (χ4n) is 1.16. The van der Waals surface area contributed by atoms with Gasteiger partial charge in [-0.05, 0) is 31.5 Å². The van der Waals surface area contributed by atoms with E-state index in [4.69, 9.17) is 5.73 Å². The fraction of sp³-hybridized carbons (Fsp3) is 0.364. The summed E-state index contributed by atoms with van der Waals surface area (Å²) < 4.78 is 0. The van der Waals surface area contributed by atoms with Crippen LogP contribution >= 0.6 is 0 Å². The molecule has 15 heavy (non-hydrogen) atoms. The van der Waals surface area contributed by atoms with Crippen molar-refractivity contribution in [2.24, 2.45) is 5.73 Å². The van der Waals surface area contributed by atoms with E-state index in [1.54, 1.807) is 12.1 Å². The summed E-state index contributed by atoms with van der Waals surface area (Å²) in [6.45, 7) is 2.44. The Morgan fingerprint density at radius 1 is 1.60 bits per heavy atom. The topological polar surface area (TPSA) is 75.3 Å². The van der Waals surface area contributed by atoms with Crippen LogP contribution in [0.2, 0.25) is 0 Å². The molecule has 0 aliphatic carbocycles. The quantitative estimate of drug-likeness (QED) is 0.687. The Hall–Kier alpha value is -1.55. The maximum absolute atomic E-state index is 11.5. The Bertz CT molecular complexity index is 337. The molecule has 0 spiro atoms. The largest absolute Gasteiger partial charge is 0.508 e. The normalized spacial score (nSPS) is 12.1. The molecular weight excluding hydrogens is 192 g/mol. The number of nitrogens with two attached hydrogens (primary N) is 1. The van der Waals surface area contributed by atoms with Gasteiger partial charge in [0.05, 0.1) is 0 Å². The van der Waals surface area contributed by atoms with Crippen LogP contribution < -0.4 is 11.1 Å². The number of hydrogen-bond acceptors (Lipinski definition) is 3. The number of benzene rings is 1. The van der Waals surface area contributed by atoms with Gasteiger partial charge in [0.25, 0.3) is 5.91 Å². The lowest BCUT2D eigenvalue weighted by molar-refractivity contribution is 0.0952. The molecule has 4 nitrogen and oxygen atoms in total. The average molecular weight is 208 g/mol. The second kappa shape index (κ2) is 5.36. The summed E-state index contributed by atoms with van der Waals surface area (Å²) in [5.41, 5.74) is 6.01. The number of carbonyl (C=O) groups excluding carboxylic acids is 1. The summed E-state index contributed by atoms with van der Waals surface area (Å²) in [7, 11) is 0. The fourth-order valence-corrected chi connectivity index (χ4v) is 1.16. The number of hydrogen-bond donors (Lipinski definition) is 3. The zero-order chi connectivity index (χ0) is 11.3. The van der Waals surface area contributed by atoms with E-state index in [0.717, 1.165) is 6.42 Å². The van der Waals surface area contributed by atoms with Crippen LogP contribution in [0.1, 0.15) is 23.7 Å². The maximum Gasteiger partial charge on any atom is 0.251 e. The van der Waals surface area contributed by atoms with Crippen molar-refractivity contribution >= 4 is 5.91 Å². The van der Waals surface area contributed by atoms with Gasteiger partial charge < -0.3 is 16.2 Å². The van der Waals surface area contributed by atoms with Crippen LogP contribution in [0.5, 0.6) is 5.75 Å². The van der Waals surface area contributed by atoms with Crippen LogP contribution in [-0.4, -0.2) is 23.6 Å². The SMILES string of the molecule is CC(N)CCNC(=O)c1cccc(O)c1. The molecule has 1 unspecified atom stereocenters. The van der Waals surface area contributed by atoms with E-state index in [1.165, 1.54) is 12.1 Å². The third-order valence-electron chi connectivity index (χ3n) is 1.99. The molecule has 1 rings (SSSR count). The first-order valence-corrected chi connectivity index (χ1v) is 4.92. The Balaban J connectivity index is 2.47. The zero-order valence-electron chi connectivity index (χ0n) is 8.73. The molecule has 0 bridgehead atoms. The molecule has 1 aromatic rings. The van der Waals surface area contributed by atoms with Gasteiger partial charge in [-0.3, -0.25) is 4.79 Å². The third-order valence-corrected chi connectivity index (χ3v) is 1.99. The molecule has 0 radical (unpaired) electrons. The number of nitrogens with one attached hydrogen (secondary N) is 1. The monoisotopic (exact) mass is 208 g/mol. The highest BCUT2D eigenvalue weighted by molar-refractivity contribution is 5.94. The van der Waals surface area contributed by atoms with Crippen molar-refractivity contribution in [2.75, 3.05) is 6.54 Å². The van der Waals surface area contributed by atoms with E-state index in [-0.39, 0.29) is 17.7 Å². The summed E-state index contributed by atoms with van der Waals surface area (Å²) >= 11 is 0. The molecule has 82 valence electrons. The van der Waals surface area contributed by atoms with Crippen LogP contribution in [0.3, 0.4) is 0 Å². The molecule has 1 atom stereocenters. The van der Waals surface area contributed by atoms with E-state index in [2.05, 4.69) is 5.32 Å². The molecule has 0 fully saturated rings. The van der Waals surface area contributed by atoms with Crippen molar-refractivity contribution in [2.45, 2.75) is 19.4 Å². The van der Waals surface area contributed by atoms with E-state index in [9.17, 15) is 9.90 Å². The lowest BCUT2D eigenvalue weighted by atomic mass is 10.2. The van der Waals surface area contributed by atoms with E-state index in [0.29, 0.717) is 12.1 Å². The number of rotatable bonds is 4. The number of phenols is 1. The van der Waals surface area contributed by atoms with Gasteiger partial charge in [-0.25, -0.2) is 0 Å². The van der Waals surface area contributed by atoms with Crippen molar-refractivity contribution in [1.82, 2.24) is 5.32 Å². The highest BCUT2D eigenvalue weighted by Gasteiger charge is 2.05. The van der Waals surface area contributed by atoms with Crippen molar-refractivity contribution in [1.29, 1.82) is 0 Å². The van der Waals surface area contributed by atoms with E-state index >= 15 is 0 Å². The Morgan fingerprint density at radius 2 is 2.33 bits per heavy atom. The highest BCUT2D eigenvalue weighted by atomic mass is 16.3. The van der Waals surface area contributed by atoms with Gasteiger partial charge in [-0.1, -0.05) is 6.07 Å². The van der Waals surface area contributed by atoms with Gasteiger partial charge in [-0.15, -0.1) is 0 Å². The molecule has 0 saturated heterocycles. The van der Waals surface area contributed by atoms with Gasteiger partial charge in [0.2, 0.25) is 0 Å². The van der Waals surface area contributed by atoms with Gasteiger partial charge in [0.1, 0.15) is 5.75 Å². The Kier molecular flexibility index (Phi) is 4.12. The standard InChI is InChI=1S/C11H16N2O2/c1-8(12)5-6-13-11(15)9-3-2-4-10(14)7-9/h2-4,7-8,14H,5-6,12H2,1H3,(H,13,15). The lowest BCUT2D eigenvalue weighted by Gasteiger charge is -2.07. The van der Waals surface area contributed by atoms with Crippen molar-refractivity contribution in [3.05, 3.63) is 29.8 Å². The molecule has 0 saturated carbocycles. The second-order valence-electron chi connectivity index (χ2n) is 3.57. The number of phenolic OH excluding ortho intramolecular Hbond substituents is 1. The summed E-state index contributed by atoms with van der Waals surface area (Å²) in [5, 5.41) is 11.9. The lowest BCUT2D eigenvalue weighted by Crippen LogP contribution is -2.28. The first kappa shape index (κ1) is 11.5. The minimum absolute atomic E-state index is 0.0782. The molecular formula is C11H16N2O2. The Labute approximate surface area is 89.1 Å². The van der Waals surface area contributed by atoms with Gasteiger partial charge in [0.15, 0.2) is 0 Å². The Morgan fingerprint density at radius 3 is 2.93 bits per heavy atom. The van der Waals surface area contributed by atoms with Crippen LogP contribution in [0.15, 0.2) is 24.3 Å².